The van der Waals surface area contributed by atoms with Crippen molar-refractivity contribution in [1.29, 1.82) is 0 Å². The number of hydrogen-bond donors (Lipinski definition) is 5. The zero-order valence-electron chi connectivity index (χ0n) is 15.2. The normalized spacial score (nSPS) is 10.8. The van der Waals surface area contributed by atoms with Gasteiger partial charge in [0.25, 0.3) is 0 Å². The molecule has 11 heteroatoms. The largest absolute Gasteiger partial charge is 1.00 e. The minimum absolute atomic E-state index is 0. The van der Waals surface area contributed by atoms with Gasteiger partial charge in [0, 0.05) is 18.8 Å². The van der Waals surface area contributed by atoms with Crippen molar-refractivity contribution >= 4 is 69.3 Å². The van der Waals surface area contributed by atoms with Gasteiger partial charge in [0.15, 0.2) is 10.2 Å². The number of thiocarbonyl (C=S) groups is 2. The molecule has 7 nitrogen and oxygen atoms in total. The minimum Gasteiger partial charge on any atom is -0.548 e. The van der Waals surface area contributed by atoms with Crippen LogP contribution in [0.4, 0.5) is 17.1 Å². The van der Waals surface area contributed by atoms with Crippen LogP contribution in [-0.4, -0.2) is 35.3 Å². The number of carboxylic acids is 1. The van der Waals surface area contributed by atoms with Gasteiger partial charge < -0.3 is 36.5 Å². The SMILES string of the molecule is CCNC(=S)Nc1cc(NC(C)C(=O)[O-])cc(NC(=S)NCC)c1Cl.[Na+]. The third-order valence-electron chi connectivity index (χ3n) is 2.98. The van der Waals surface area contributed by atoms with E-state index in [0.717, 1.165) is 0 Å². The van der Waals surface area contributed by atoms with E-state index in [4.69, 9.17) is 36.0 Å². The Morgan fingerprint density at radius 2 is 1.54 bits per heavy atom. The molecule has 0 aromatic heterocycles. The van der Waals surface area contributed by atoms with E-state index in [1.54, 1.807) is 12.1 Å². The Balaban J connectivity index is 0.00000625. The summed E-state index contributed by atoms with van der Waals surface area (Å²) in [7, 11) is 0. The molecule has 0 saturated heterocycles. The molecule has 0 aliphatic rings. The van der Waals surface area contributed by atoms with Crippen LogP contribution in [0.15, 0.2) is 12.1 Å². The second-order valence-corrected chi connectivity index (χ2v) is 6.23. The number of aliphatic carboxylic acids is 1. The van der Waals surface area contributed by atoms with Crippen LogP contribution in [0.2, 0.25) is 5.02 Å². The first-order valence-electron chi connectivity index (χ1n) is 7.69. The maximum atomic E-state index is 11.0. The molecular formula is C15H21ClN5NaO2S2. The van der Waals surface area contributed by atoms with Gasteiger partial charge in [-0.15, -0.1) is 0 Å². The first kappa shape index (κ1) is 25.2. The van der Waals surface area contributed by atoms with Gasteiger partial charge in [-0.1, -0.05) is 11.6 Å². The number of carbonyl (C=O) groups excluding carboxylic acids is 1. The number of anilines is 3. The fourth-order valence-electron chi connectivity index (χ4n) is 1.85. The summed E-state index contributed by atoms with van der Waals surface area (Å²) in [6.07, 6.45) is 0. The average Bonchev–Trinajstić information content (AvgIpc) is 2.52. The third kappa shape index (κ3) is 8.24. The van der Waals surface area contributed by atoms with Gasteiger partial charge in [0.2, 0.25) is 0 Å². The number of carboxylic acid groups (broad SMARTS) is 1. The van der Waals surface area contributed by atoms with E-state index < -0.39 is 12.0 Å². The van der Waals surface area contributed by atoms with E-state index in [1.165, 1.54) is 6.92 Å². The van der Waals surface area contributed by atoms with E-state index in [9.17, 15) is 9.90 Å². The van der Waals surface area contributed by atoms with Crippen LogP contribution < -0.4 is 61.2 Å². The van der Waals surface area contributed by atoms with Crippen LogP contribution in [0.5, 0.6) is 0 Å². The molecule has 1 aromatic carbocycles. The Bertz CT molecular complexity index is 622. The fourth-order valence-corrected chi connectivity index (χ4v) is 2.56. The zero-order valence-corrected chi connectivity index (χ0v) is 19.5. The van der Waals surface area contributed by atoms with Crippen LogP contribution in [0, 0.1) is 0 Å². The van der Waals surface area contributed by atoms with Gasteiger partial charge >= 0.3 is 29.6 Å². The van der Waals surface area contributed by atoms with Gasteiger partial charge in [-0.25, -0.2) is 0 Å². The van der Waals surface area contributed by atoms with Crippen LogP contribution in [-0.2, 0) is 4.79 Å². The van der Waals surface area contributed by atoms with E-state index in [1.807, 2.05) is 13.8 Å². The number of hydrogen-bond acceptors (Lipinski definition) is 5. The molecule has 0 saturated carbocycles. The second-order valence-electron chi connectivity index (χ2n) is 5.04. The maximum absolute atomic E-state index is 11.0. The van der Waals surface area contributed by atoms with Gasteiger partial charge in [-0.3, -0.25) is 0 Å². The molecule has 26 heavy (non-hydrogen) atoms. The number of halogens is 1. The molecule has 1 atom stereocenters. The van der Waals surface area contributed by atoms with Crippen molar-refractivity contribution in [2.24, 2.45) is 0 Å². The summed E-state index contributed by atoms with van der Waals surface area (Å²) in [6.45, 7) is 6.61. The van der Waals surface area contributed by atoms with E-state index in [2.05, 4.69) is 26.6 Å². The molecule has 0 spiro atoms. The Labute approximate surface area is 191 Å². The summed E-state index contributed by atoms with van der Waals surface area (Å²) >= 11 is 16.8. The summed E-state index contributed by atoms with van der Waals surface area (Å²) in [4.78, 5) is 11.0. The van der Waals surface area contributed by atoms with Crippen LogP contribution in [0.1, 0.15) is 20.8 Å². The summed E-state index contributed by atoms with van der Waals surface area (Å²) in [5.41, 5.74) is 1.53. The molecule has 138 valence electrons. The quantitative estimate of drug-likeness (QED) is 0.264. The van der Waals surface area contributed by atoms with E-state index in [0.29, 0.717) is 45.4 Å². The van der Waals surface area contributed by atoms with E-state index >= 15 is 0 Å². The molecule has 0 heterocycles. The Kier molecular flexibility index (Phi) is 12.1. The van der Waals surface area contributed by atoms with Crippen molar-refractivity contribution < 1.29 is 39.5 Å². The minimum atomic E-state index is -1.22. The van der Waals surface area contributed by atoms with Crippen LogP contribution in [0.3, 0.4) is 0 Å². The first-order chi connectivity index (χ1) is 11.8. The van der Waals surface area contributed by atoms with Crippen molar-refractivity contribution in [2.75, 3.05) is 29.0 Å². The summed E-state index contributed by atoms with van der Waals surface area (Å²) in [5, 5.41) is 26.8. The van der Waals surface area contributed by atoms with Crippen molar-refractivity contribution in [1.82, 2.24) is 10.6 Å². The van der Waals surface area contributed by atoms with Gasteiger partial charge in [0.1, 0.15) is 0 Å². The van der Waals surface area contributed by atoms with Gasteiger partial charge in [0.05, 0.1) is 28.4 Å². The van der Waals surface area contributed by atoms with Crippen LogP contribution >= 0.6 is 36.0 Å². The number of rotatable bonds is 7. The topological polar surface area (TPSA) is 100 Å². The van der Waals surface area contributed by atoms with Crippen LogP contribution in [0.25, 0.3) is 0 Å². The monoisotopic (exact) mass is 425 g/mol. The predicted octanol–water partition coefficient (Wildman–Crippen LogP) is -1.49. The molecule has 1 unspecified atom stereocenters. The predicted molar refractivity (Wildman–Crippen MR) is 109 cm³/mol. The Morgan fingerprint density at radius 3 is 1.88 bits per heavy atom. The Morgan fingerprint density at radius 1 is 1.12 bits per heavy atom. The maximum Gasteiger partial charge on any atom is 1.00 e. The molecule has 0 aliphatic heterocycles. The first-order valence-corrected chi connectivity index (χ1v) is 8.88. The molecule has 0 bridgehead atoms. The van der Waals surface area contributed by atoms with Crippen molar-refractivity contribution in [2.45, 2.75) is 26.8 Å². The van der Waals surface area contributed by atoms with Crippen molar-refractivity contribution in [3.05, 3.63) is 17.2 Å². The third-order valence-corrected chi connectivity index (χ3v) is 3.88. The molecule has 0 radical (unpaired) electrons. The molecule has 0 amide bonds. The molecular weight excluding hydrogens is 405 g/mol. The molecule has 0 fully saturated rings. The van der Waals surface area contributed by atoms with E-state index in [-0.39, 0.29) is 29.6 Å². The molecule has 1 rings (SSSR count). The summed E-state index contributed by atoms with van der Waals surface area (Å²) < 4.78 is 0. The van der Waals surface area contributed by atoms with Gasteiger partial charge in [-0.05, 0) is 57.3 Å². The fraction of sp³-hybridized carbons (Fsp3) is 0.400. The summed E-state index contributed by atoms with van der Waals surface area (Å²) in [5.74, 6) is -1.22. The van der Waals surface area contributed by atoms with Gasteiger partial charge in [-0.2, -0.15) is 0 Å². The standard InChI is InChI=1S/C15H22ClN5O2S2.Na/c1-4-17-14(24)20-10-6-9(19-8(3)13(22)23)7-11(12(10)16)21-15(25)18-5-2;/h6-8,19H,4-5H2,1-3H3,(H,22,23)(H2,17,20,24)(H2,18,21,25);/q;+1/p-1. The second kappa shape index (κ2) is 12.5. The van der Waals surface area contributed by atoms with Crippen molar-refractivity contribution in [3.63, 3.8) is 0 Å². The molecule has 0 aliphatic carbocycles. The van der Waals surface area contributed by atoms with Crippen molar-refractivity contribution in [3.8, 4) is 0 Å². The number of benzene rings is 1. The molecule has 1 aromatic rings. The molecule has 5 N–H and O–H groups in total. The smallest absolute Gasteiger partial charge is 0.548 e. The Hall–Kier alpha value is -0.840. The number of nitrogens with one attached hydrogen (secondary N) is 5. The summed E-state index contributed by atoms with van der Waals surface area (Å²) in [6, 6.07) is 2.43. The number of carbonyl (C=O) groups is 1. The average molecular weight is 426 g/mol. The zero-order chi connectivity index (χ0) is 19.0.